The van der Waals surface area contributed by atoms with Crippen LogP contribution < -0.4 is 36.7 Å². The van der Waals surface area contributed by atoms with Crippen molar-refractivity contribution in [3.05, 3.63) is 190 Å². The molecule has 2 atom stereocenters. The molecule has 5 aromatic carbocycles. The highest BCUT2D eigenvalue weighted by molar-refractivity contribution is 7.22. The summed E-state index contributed by atoms with van der Waals surface area (Å²) in [5.74, 6) is 0.142. The molecule has 0 spiro atoms. The van der Waals surface area contributed by atoms with E-state index in [9.17, 15) is 0 Å². The van der Waals surface area contributed by atoms with Crippen LogP contribution in [0.3, 0.4) is 0 Å². The fraction of sp³-hybridized carbons (Fsp3) is 0.310. The Morgan fingerprint density at radius 3 is 1.67 bits per heavy atom. The number of aromatic nitrogens is 3. The number of carbonyl (C=O) groups is 1. The van der Waals surface area contributed by atoms with Crippen molar-refractivity contribution < 1.29 is 27.5 Å². The Kier molecular flexibility index (Phi) is 14.8. The number of nitrogens with zero attached hydrogens (tertiary/aromatic N) is 3. The maximum Gasteiger partial charge on any atom is 0.333 e. The van der Waals surface area contributed by atoms with Gasteiger partial charge in [-0.15, -0.1) is 11.3 Å². The molecule has 0 fully saturated rings. The molecule has 3 aromatic heterocycles. The van der Waals surface area contributed by atoms with E-state index in [0.29, 0.717) is 32.5 Å². The normalized spacial score (nSPS) is 13.5. The zero-order valence-corrected chi connectivity index (χ0v) is 45.9. The van der Waals surface area contributed by atoms with Gasteiger partial charge in [0.05, 0.1) is 42.8 Å². The highest BCUT2D eigenvalue weighted by atomic mass is 32.1. The third kappa shape index (κ3) is 9.42. The van der Waals surface area contributed by atoms with Gasteiger partial charge in [-0.05, 0) is 70.1 Å². The van der Waals surface area contributed by atoms with E-state index in [4.69, 9.17) is 22.7 Å². The van der Waals surface area contributed by atoms with Crippen LogP contribution in [0.15, 0.2) is 172 Å². The Balaban J connectivity index is 1.27. The van der Waals surface area contributed by atoms with Gasteiger partial charge in [0.1, 0.15) is 28.5 Å². The summed E-state index contributed by atoms with van der Waals surface area (Å²) in [4.78, 5) is 51.9. The molecule has 0 aliphatic carbocycles. The number of oxazole rings is 1. The quantitative estimate of drug-likeness (QED) is 0.0821. The summed E-state index contributed by atoms with van der Waals surface area (Å²) in [6.07, 6.45) is 1.75. The third-order valence-corrected chi connectivity index (χ3v) is 25.1. The number of benzene rings is 5. The standard InChI is InChI=1S/C58H65N3O8SSi2/c1-40(68-71(56(3,4)5,42-26-16-12-17-27-42)43-28-18-13-19-29-43)39-67-48(46-34-24-25-35-47(46)65-11)38-60-53-49(41(2)50(70-53)51-59-36-37-66-51)52(62)61(55(60)64)58(9,10)54(63)69-72(57(6,7)8,44-30-20-14-21-31-44)45-32-22-15-23-33-45/h12-37,40,48H,38-39H2,1-11H3/t40?,48-/m0/s1. The van der Waals surface area contributed by atoms with Crippen LogP contribution in [0.25, 0.3) is 21.0 Å². The molecule has 8 aromatic rings. The van der Waals surface area contributed by atoms with Gasteiger partial charge in [-0.2, -0.15) is 0 Å². The number of hydrogen-bond acceptors (Lipinski definition) is 10. The minimum Gasteiger partial charge on any atom is -0.508 e. The summed E-state index contributed by atoms with van der Waals surface area (Å²) in [7, 11) is -4.91. The first-order chi connectivity index (χ1) is 34.3. The van der Waals surface area contributed by atoms with E-state index in [2.05, 4.69) is 95.1 Å². The summed E-state index contributed by atoms with van der Waals surface area (Å²) < 4.78 is 35.9. The number of ether oxygens (including phenoxy) is 2. The highest BCUT2D eigenvalue weighted by Crippen LogP contribution is 2.41. The van der Waals surface area contributed by atoms with Crippen molar-refractivity contribution in [1.82, 2.24) is 14.1 Å². The van der Waals surface area contributed by atoms with E-state index in [1.165, 1.54) is 23.8 Å². The molecule has 0 amide bonds. The number of thiophene rings is 1. The summed E-state index contributed by atoms with van der Waals surface area (Å²) in [6.45, 7) is 20.0. The topological polar surface area (TPSA) is 124 Å². The minimum atomic E-state index is -3.51. The van der Waals surface area contributed by atoms with E-state index < -0.39 is 56.6 Å². The summed E-state index contributed by atoms with van der Waals surface area (Å²) in [5.41, 5.74) is -1.93. The minimum absolute atomic E-state index is 0.0767. The third-order valence-electron chi connectivity index (χ3n) is 13.7. The molecular weight excluding hydrogens is 955 g/mol. The highest BCUT2D eigenvalue weighted by Gasteiger charge is 2.55. The monoisotopic (exact) mass is 1020 g/mol. The number of para-hydroxylation sites is 1. The number of fused-ring (bicyclic) bond motifs is 1. The van der Waals surface area contributed by atoms with Crippen LogP contribution in [0.2, 0.25) is 10.1 Å². The summed E-state index contributed by atoms with van der Waals surface area (Å²) in [6, 6.07) is 48.0. The molecule has 3 heterocycles. The number of aryl methyl sites for hydroxylation is 1. The van der Waals surface area contributed by atoms with E-state index in [1.54, 1.807) is 25.5 Å². The van der Waals surface area contributed by atoms with E-state index in [1.807, 2.05) is 111 Å². The Morgan fingerprint density at radius 2 is 1.19 bits per heavy atom. The molecule has 0 saturated carbocycles. The van der Waals surface area contributed by atoms with Gasteiger partial charge < -0.3 is 22.7 Å². The average Bonchev–Trinajstić information content (AvgIpc) is 4.03. The molecule has 72 heavy (non-hydrogen) atoms. The van der Waals surface area contributed by atoms with Gasteiger partial charge in [0.15, 0.2) is 0 Å². The molecule has 0 radical (unpaired) electrons. The molecule has 0 aliphatic rings. The van der Waals surface area contributed by atoms with Crippen LogP contribution in [-0.4, -0.2) is 56.5 Å². The van der Waals surface area contributed by atoms with E-state index in [-0.39, 0.29) is 23.6 Å². The van der Waals surface area contributed by atoms with Crippen molar-refractivity contribution in [1.29, 1.82) is 0 Å². The van der Waals surface area contributed by atoms with Crippen molar-refractivity contribution in [3.8, 4) is 16.5 Å². The van der Waals surface area contributed by atoms with Gasteiger partial charge in [0.2, 0.25) is 5.89 Å². The molecule has 374 valence electrons. The van der Waals surface area contributed by atoms with Crippen molar-refractivity contribution in [2.75, 3.05) is 13.7 Å². The molecule has 0 N–H and O–H groups in total. The first-order valence-corrected chi connectivity index (χ1v) is 29.0. The maximum atomic E-state index is 15.7. The van der Waals surface area contributed by atoms with Crippen LogP contribution in [0.4, 0.5) is 0 Å². The SMILES string of the molecule is COc1ccccc1[C@H](Cn1c(=O)n(C(C)(C)C(=O)O[Si](c2ccccc2)(c2ccccc2)C(C)(C)C)c(=O)c2c(C)c(-c3ncco3)sc21)OCC(C)O[Si](c1ccccc1)(c1ccccc1)C(C)(C)C. The second-order valence-electron chi connectivity index (χ2n) is 20.9. The number of rotatable bonds is 17. The zero-order chi connectivity index (χ0) is 51.6. The van der Waals surface area contributed by atoms with Gasteiger partial charge in [0, 0.05) is 5.56 Å². The smallest absolute Gasteiger partial charge is 0.333 e. The Morgan fingerprint density at radius 1 is 0.708 bits per heavy atom. The summed E-state index contributed by atoms with van der Waals surface area (Å²) in [5, 5.41) is 3.41. The molecule has 11 nitrogen and oxygen atoms in total. The van der Waals surface area contributed by atoms with Crippen molar-refractivity contribution in [2.24, 2.45) is 0 Å². The average molecular weight is 1020 g/mol. The molecule has 0 bridgehead atoms. The number of hydrogen-bond donors (Lipinski definition) is 0. The lowest BCUT2D eigenvalue weighted by atomic mass is 10.1. The Bertz CT molecular complexity index is 3170. The van der Waals surface area contributed by atoms with Crippen molar-refractivity contribution in [3.63, 3.8) is 0 Å². The van der Waals surface area contributed by atoms with Crippen molar-refractivity contribution >= 4 is 64.9 Å². The second-order valence-corrected chi connectivity index (χ2v) is 30.3. The lowest BCUT2D eigenvalue weighted by Crippen LogP contribution is -2.69. The molecule has 8 rings (SSSR count). The largest absolute Gasteiger partial charge is 0.508 e. The predicted molar refractivity (Wildman–Crippen MR) is 293 cm³/mol. The molecule has 0 aliphatic heterocycles. The fourth-order valence-corrected chi connectivity index (χ4v) is 20.5. The Hall–Kier alpha value is -6.43. The summed E-state index contributed by atoms with van der Waals surface area (Å²) >= 11 is 1.23. The van der Waals surface area contributed by atoms with E-state index >= 15 is 14.4 Å². The molecule has 1 unspecified atom stereocenters. The van der Waals surface area contributed by atoms with Gasteiger partial charge in [-0.1, -0.05) is 181 Å². The van der Waals surface area contributed by atoms with Crippen LogP contribution in [0.5, 0.6) is 5.75 Å². The lowest BCUT2D eigenvalue weighted by molar-refractivity contribution is -0.144. The molecular formula is C58H65N3O8SSi2. The number of carbonyl (C=O) groups excluding carboxylic acids is 1. The van der Waals surface area contributed by atoms with Gasteiger partial charge in [-0.3, -0.25) is 14.2 Å². The maximum absolute atomic E-state index is 15.7. The Labute approximate surface area is 428 Å². The lowest BCUT2D eigenvalue weighted by Gasteiger charge is -2.44. The van der Waals surface area contributed by atoms with Crippen LogP contribution in [0.1, 0.15) is 79.5 Å². The first kappa shape index (κ1) is 51.9. The van der Waals surface area contributed by atoms with Crippen LogP contribution in [0, 0.1) is 6.92 Å². The predicted octanol–water partition coefficient (Wildman–Crippen LogP) is 9.76. The molecule has 14 heteroatoms. The zero-order valence-electron chi connectivity index (χ0n) is 43.1. The van der Waals surface area contributed by atoms with Gasteiger partial charge in [0.25, 0.3) is 13.9 Å². The van der Waals surface area contributed by atoms with Gasteiger partial charge in [-0.25, -0.2) is 14.3 Å². The first-order valence-electron chi connectivity index (χ1n) is 24.3. The number of methoxy groups -OCH3 is 1. The van der Waals surface area contributed by atoms with Crippen molar-refractivity contribution in [2.45, 2.75) is 104 Å². The van der Waals surface area contributed by atoms with E-state index in [0.717, 1.165) is 25.3 Å². The second kappa shape index (κ2) is 20.6. The molecule has 0 saturated heterocycles. The fourth-order valence-electron chi connectivity index (χ4n) is 10.2. The van der Waals surface area contributed by atoms with Crippen LogP contribution in [-0.2, 0) is 30.5 Å². The van der Waals surface area contributed by atoms with Crippen LogP contribution >= 0.6 is 11.3 Å². The van der Waals surface area contributed by atoms with Gasteiger partial charge >= 0.3 is 20.0 Å².